The predicted molar refractivity (Wildman–Crippen MR) is 148 cm³/mol. The Labute approximate surface area is 251 Å². The predicted octanol–water partition coefficient (Wildman–Crippen LogP) is -1.48. The Morgan fingerprint density at radius 2 is 1.37 bits per heavy atom. The van der Waals surface area contributed by atoms with E-state index < -0.39 is 94.4 Å². The zero-order valence-corrected chi connectivity index (χ0v) is 25.4. The highest BCUT2D eigenvalue weighted by molar-refractivity contribution is 7.46. The number of ether oxygens (including phenoxy) is 3. The van der Waals surface area contributed by atoms with Crippen molar-refractivity contribution in [3.05, 3.63) is 0 Å². The number of carbonyl (C=O) groups is 1. The van der Waals surface area contributed by atoms with Crippen LogP contribution in [-0.2, 0) is 28.1 Å². The molecular weight excluding hydrogens is 597 g/mol. The maximum absolute atomic E-state index is 12.7. The Hall–Kier alpha value is -0.820. The summed E-state index contributed by atoms with van der Waals surface area (Å²) >= 11 is 0. The molecule has 0 aromatic carbocycles. The lowest BCUT2D eigenvalue weighted by Crippen LogP contribution is -2.65. The lowest BCUT2D eigenvalue weighted by molar-refractivity contribution is -0.308. The minimum Gasteiger partial charge on any atom is -0.394 e. The number of hydrogen-bond acceptors (Lipinski definition) is 13. The summed E-state index contributed by atoms with van der Waals surface area (Å²) in [6, 6.07) is -1.41. The van der Waals surface area contributed by atoms with Gasteiger partial charge in [0.2, 0.25) is 5.91 Å². The maximum Gasteiger partial charge on any atom is 0.472 e. The van der Waals surface area contributed by atoms with Crippen LogP contribution >= 0.6 is 7.82 Å². The van der Waals surface area contributed by atoms with E-state index >= 15 is 0 Å². The molecule has 0 aliphatic carbocycles. The first kappa shape index (κ1) is 38.4. The number of aliphatic hydroxyl groups is 7. The maximum atomic E-state index is 12.7. The summed E-state index contributed by atoms with van der Waals surface area (Å²) in [4.78, 5) is 30.8. The number of phosphoric acid groups is 1. The van der Waals surface area contributed by atoms with Crippen molar-refractivity contribution in [2.45, 2.75) is 145 Å². The van der Waals surface area contributed by atoms with Gasteiger partial charge in [0.05, 0.1) is 25.7 Å². The van der Waals surface area contributed by atoms with Crippen LogP contribution in [0.15, 0.2) is 0 Å². The first-order valence-electron chi connectivity index (χ1n) is 14.9. The van der Waals surface area contributed by atoms with Crippen molar-refractivity contribution in [1.82, 2.24) is 5.32 Å². The van der Waals surface area contributed by atoms with Crippen LogP contribution < -0.4 is 5.32 Å². The normalized spacial score (nSPS) is 34.2. The monoisotopic (exact) mass is 647 g/mol. The molecule has 16 nitrogen and oxygen atoms in total. The van der Waals surface area contributed by atoms with Gasteiger partial charge in [0.25, 0.3) is 0 Å². The Bertz CT molecular complexity index is 849. The Morgan fingerprint density at radius 3 is 1.95 bits per heavy atom. The van der Waals surface area contributed by atoms with Crippen LogP contribution in [0, 0.1) is 0 Å². The first-order valence-corrected chi connectivity index (χ1v) is 16.5. The van der Waals surface area contributed by atoms with Gasteiger partial charge in [-0.15, -0.1) is 0 Å². The number of hydrogen-bond donors (Lipinski definition) is 10. The van der Waals surface area contributed by atoms with Gasteiger partial charge in [-0.3, -0.25) is 9.32 Å². The number of carbonyl (C=O) groups excluding carboxylic acids is 1. The number of nitrogens with one attached hydrogen (secondary N) is 1. The fourth-order valence-electron chi connectivity index (χ4n) is 5.10. The average Bonchev–Trinajstić information content (AvgIpc) is 2.94. The molecular formula is C26H50NO15P. The molecule has 10 N–H and O–H groups in total. The van der Waals surface area contributed by atoms with Gasteiger partial charge in [-0.2, -0.15) is 0 Å². The van der Waals surface area contributed by atoms with Crippen molar-refractivity contribution in [3.63, 3.8) is 0 Å². The molecule has 0 bridgehead atoms. The summed E-state index contributed by atoms with van der Waals surface area (Å²) in [5, 5.41) is 73.7. The van der Waals surface area contributed by atoms with Gasteiger partial charge in [-0.05, 0) is 6.42 Å². The fourth-order valence-corrected chi connectivity index (χ4v) is 5.54. The van der Waals surface area contributed by atoms with Crippen molar-refractivity contribution in [2.75, 3.05) is 13.2 Å². The summed E-state index contributed by atoms with van der Waals surface area (Å²) in [6.45, 7) is 0.762. The largest absolute Gasteiger partial charge is 0.472 e. The molecule has 2 fully saturated rings. The highest BCUT2D eigenvalue weighted by Gasteiger charge is 2.49. The quantitative estimate of drug-likeness (QED) is 0.0566. The Morgan fingerprint density at radius 1 is 0.814 bits per heavy atom. The summed E-state index contributed by atoms with van der Waals surface area (Å²) in [7, 11) is -5.17. The molecule has 2 aliphatic rings. The van der Waals surface area contributed by atoms with E-state index in [0.29, 0.717) is 6.42 Å². The van der Waals surface area contributed by atoms with Crippen LogP contribution in [0.25, 0.3) is 0 Å². The Balaban J connectivity index is 1.91. The van der Waals surface area contributed by atoms with Crippen LogP contribution in [0.5, 0.6) is 0 Å². The number of rotatable bonds is 19. The van der Waals surface area contributed by atoms with E-state index in [1.165, 1.54) is 32.1 Å². The summed E-state index contributed by atoms with van der Waals surface area (Å²) in [6.07, 6.45) is -6.51. The number of unbranched alkanes of at least 4 members (excludes halogenated alkanes) is 8. The zero-order chi connectivity index (χ0) is 32.2. The van der Waals surface area contributed by atoms with Gasteiger partial charge in [-0.1, -0.05) is 64.7 Å². The van der Waals surface area contributed by atoms with Crippen molar-refractivity contribution in [1.29, 1.82) is 0 Å². The molecule has 2 heterocycles. The number of amides is 1. The van der Waals surface area contributed by atoms with E-state index in [9.17, 15) is 45.1 Å². The van der Waals surface area contributed by atoms with Gasteiger partial charge in [0.1, 0.15) is 48.8 Å². The third-order valence-corrected chi connectivity index (χ3v) is 8.09. The zero-order valence-electron chi connectivity index (χ0n) is 24.5. The van der Waals surface area contributed by atoms with Crippen molar-refractivity contribution < 1.29 is 73.6 Å². The molecule has 1 amide bonds. The molecule has 254 valence electrons. The number of phosphoric ester groups is 1. The molecule has 2 saturated heterocycles. The minimum atomic E-state index is -5.17. The third kappa shape index (κ3) is 12.8. The van der Waals surface area contributed by atoms with Gasteiger partial charge in [-0.25, -0.2) is 4.57 Å². The van der Waals surface area contributed by atoms with Gasteiger partial charge < -0.3 is 65.1 Å². The molecule has 0 saturated carbocycles. The summed E-state index contributed by atoms with van der Waals surface area (Å²) in [5.41, 5.74) is 0. The lowest BCUT2D eigenvalue weighted by Gasteiger charge is -2.44. The average molecular weight is 648 g/mol. The molecule has 2 rings (SSSR count). The van der Waals surface area contributed by atoms with Crippen LogP contribution in [-0.4, -0.2) is 132 Å². The highest BCUT2D eigenvalue weighted by Crippen LogP contribution is 2.40. The van der Waals surface area contributed by atoms with Gasteiger partial charge in [0, 0.05) is 0 Å². The minimum absolute atomic E-state index is 0.303. The van der Waals surface area contributed by atoms with Crippen molar-refractivity contribution in [3.8, 4) is 0 Å². The first-order chi connectivity index (χ1) is 20.3. The molecule has 43 heavy (non-hydrogen) atoms. The molecule has 2 aliphatic heterocycles. The molecule has 11 atom stereocenters. The van der Waals surface area contributed by atoms with E-state index in [1.54, 1.807) is 0 Å². The molecule has 0 aromatic rings. The fraction of sp³-hybridized carbons (Fsp3) is 0.962. The Kier molecular flexibility index (Phi) is 16.9. The van der Waals surface area contributed by atoms with E-state index in [1.807, 2.05) is 0 Å². The van der Waals surface area contributed by atoms with Gasteiger partial charge >= 0.3 is 7.82 Å². The highest BCUT2D eigenvalue weighted by atomic mass is 31.2. The molecule has 0 radical (unpaired) electrons. The topological polar surface area (TPSA) is 265 Å². The smallest absolute Gasteiger partial charge is 0.394 e. The van der Waals surface area contributed by atoms with Crippen LogP contribution in [0.1, 0.15) is 77.6 Å². The molecule has 0 spiro atoms. The molecule has 17 heteroatoms. The second-order valence-corrected chi connectivity index (χ2v) is 12.4. The van der Waals surface area contributed by atoms with Crippen LogP contribution in [0.4, 0.5) is 0 Å². The van der Waals surface area contributed by atoms with Crippen LogP contribution in [0.3, 0.4) is 0 Å². The third-order valence-electron chi connectivity index (χ3n) is 7.60. The molecule has 0 aromatic heterocycles. The SMILES string of the molecule is CCCCCCCCCCC[C@@H](O)CC(=O)N[C@@H]1[C@H](OC[C@H]2O[C@H](OP(=O)(O)O)[C@H](O)[C@@H](O)[C@@H]2O)O[C@H](CO)[C@@H](O)[C@@H]1O. The van der Waals surface area contributed by atoms with E-state index in [0.717, 1.165) is 25.7 Å². The summed E-state index contributed by atoms with van der Waals surface area (Å²) < 4.78 is 31.7. The standard InChI is InChI=1S/C26H50NO15P/c1-2-3-4-5-6-7-8-9-10-11-15(29)12-18(30)27-19-22(33)20(31)16(13-28)40-25(19)39-14-17-21(32)23(34)24(35)26(41-17)42-43(36,37)38/h15-17,19-26,28-29,31-35H,2-14H2,1H3,(H,27,30)(H2,36,37,38)/t15-,16-,17-,19+,20-,21-,22-,23+,24-,25-,26-/m1/s1. The van der Waals surface area contributed by atoms with Gasteiger partial charge in [0.15, 0.2) is 12.6 Å². The number of aliphatic hydroxyl groups excluding tert-OH is 7. The lowest BCUT2D eigenvalue weighted by atomic mass is 9.96. The summed E-state index contributed by atoms with van der Waals surface area (Å²) in [5.74, 6) is -0.679. The van der Waals surface area contributed by atoms with Crippen molar-refractivity contribution in [2.24, 2.45) is 0 Å². The second kappa shape index (κ2) is 19.0. The van der Waals surface area contributed by atoms with Crippen LogP contribution in [0.2, 0.25) is 0 Å². The molecule has 0 unspecified atom stereocenters. The van der Waals surface area contributed by atoms with E-state index in [4.69, 9.17) is 24.0 Å². The van der Waals surface area contributed by atoms with Crippen molar-refractivity contribution >= 4 is 13.7 Å². The second-order valence-electron chi connectivity index (χ2n) is 11.2. The van der Waals surface area contributed by atoms with E-state index in [2.05, 4.69) is 16.8 Å². The van der Waals surface area contributed by atoms with E-state index in [-0.39, 0.29) is 6.42 Å².